The molecule has 158 valence electrons. The van der Waals surface area contributed by atoms with Gasteiger partial charge in [-0.2, -0.15) is 0 Å². The Morgan fingerprint density at radius 2 is 1.50 bits per heavy atom. The first kappa shape index (κ1) is 20.1. The Balaban J connectivity index is 1.21. The Morgan fingerprint density at radius 1 is 0.786 bits per heavy atom. The number of nitrogens with one attached hydrogen (secondary N) is 1. The van der Waals surface area contributed by atoms with Crippen LogP contribution in [-0.2, 0) is 9.59 Å². The van der Waals surface area contributed by atoms with Gasteiger partial charge in [0.1, 0.15) is 0 Å². The van der Waals surface area contributed by atoms with Crippen LogP contribution < -0.4 is 5.32 Å². The zero-order chi connectivity index (χ0) is 19.5. The lowest BCUT2D eigenvalue weighted by Gasteiger charge is -2.42. The van der Waals surface area contributed by atoms with Crippen LogP contribution in [0.15, 0.2) is 0 Å². The average Bonchev–Trinajstić information content (AvgIpc) is 3.56. The van der Waals surface area contributed by atoms with Gasteiger partial charge in [0.05, 0.1) is 6.04 Å². The summed E-state index contributed by atoms with van der Waals surface area (Å²) in [5.41, 5.74) is 0. The summed E-state index contributed by atoms with van der Waals surface area (Å²) in [5.74, 6) is 0.859. The van der Waals surface area contributed by atoms with Crippen LogP contribution in [-0.4, -0.2) is 84.4 Å². The molecule has 6 nitrogen and oxygen atoms in total. The minimum Gasteiger partial charge on any atom is -0.353 e. The van der Waals surface area contributed by atoms with Crippen molar-refractivity contribution in [2.45, 2.75) is 82.3 Å². The van der Waals surface area contributed by atoms with Gasteiger partial charge in [0.25, 0.3) is 0 Å². The van der Waals surface area contributed by atoms with Gasteiger partial charge in [-0.05, 0) is 78.0 Å². The van der Waals surface area contributed by atoms with E-state index < -0.39 is 0 Å². The van der Waals surface area contributed by atoms with E-state index in [0.717, 1.165) is 64.8 Å². The van der Waals surface area contributed by atoms with E-state index in [2.05, 4.69) is 27.1 Å². The standard InChI is InChI=1S/C22H38N4O2/c1-24-12-4-2-3-5-20(24)22(28)26-15-10-19(11-16-26)25-13-8-17(9-14-25)21(27)23-18-6-7-18/h17-20H,2-16H2,1H3,(H,23,27)/t20-/m0/s1. The van der Waals surface area contributed by atoms with Crippen molar-refractivity contribution in [1.29, 1.82) is 0 Å². The summed E-state index contributed by atoms with van der Waals surface area (Å²) in [6, 6.07) is 1.16. The molecule has 4 rings (SSSR count). The molecule has 0 radical (unpaired) electrons. The molecule has 1 saturated carbocycles. The SMILES string of the molecule is CN1CCCCC[C@H]1C(=O)N1CCC(N2CCC(C(=O)NC3CC3)CC2)CC1. The first-order valence-electron chi connectivity index (χ1n) is 11.7. The van der Waals surface area contributed by atoms with E-state index in [1.807, 2.05) is 0 Å². The van der Waals surface area contributed by atoms with Crippen LogP contribution in [0.4, 0.5) is 0 Å². The number of piperidine rings is 2. The summed E-state index contributed by atoms with van der Waals surface area (Å²) in [7, 11) is 2.12. The Bertz CT molecular complexity index is 549. The Labute approximate surface area is 170 Å². The molecule has 0 unspecified atom stereocenters. The van der Waals surface area contributed by atoms with E-state index in [4.69, 9.17) is 0 Å². The minimum atomic E-state index is 0.0970. The van der Waals surface area contributed by atoms with Gasteiger partial charge in [-0.1, -0.05) is 12.8 Å². The van der Waals surface area contributed by atoms with Crippen molar-refractivity contribution in [2.75, 3.05) is 39.8 Å². The molecule has 1 atom stereocenters. The molecule has 2 amide bonds. The summed E-state index contributed by atoms with van der Waals surface area (Å²) in [6.45, 7) is 4.92. The lowest BCUT2D eigenvalue weighted by atomic mass is 9.92. The smallest absolute Gasteiger partial charge is 0.239 e. The molecule has 28 heavy (non-hydrogen) atoms. The quantitative estimate of drug-likeness (QED) is 0.796. The molecule has 3 aliphatic heterocycles. The van der Waals surface area contributed by atoms with Crippen LogP contribution in [0.5, 0.6) is 0 Å². The summed E-state index contributed by atoms with van der Waals surface area (Å²) >= 11 is 0. The summed E-state index contributed by atoms with van der Waals surface area (Å²) in [4.78, 5) is 32.3. The van der Waals surface area contributed by atoms with Gasteiger partial charge in [-0.25, -0.2) is 0 Å². The van der Waals surface area contributed by atoms with E-state index in [0.29, 0.717) is 18.0 Å². The predicted molar refractivity (Wildman–Crippen MR) is 110 cm³/mol. The van der Waals surface area contributed by atoms with Crippen molar-refractivity contribution in [1.82, 2.24) is 20.0 Å². The van der Waals surface area contributed by atoms with Crippen molar-refractivity contribution in [3.8, 4) is 0 Å². The molecular formula is C22H38N4O2. The lowest BCUT2D eigenvalue weighted by Crippen LogP contribution is -2.53. The topological polar surface area (TPSA) is 55.9 Å². The van der Waals surface area contributed by atoms with E-state index in [-0.39, 0.29) is 17.9 Å². The van der Waals surface area contributed by atoms with E-state index in [1.54, 1.807) is 0 Å². The van der Waals surface area contributed by atoms with Gasteiger partial charge in [0.15, 0.2) is 0 Å². The van der Waals surface area contributed by atoms with Gasteiger partial charge < -0.3 is 15.1 Å². The maximum absolute atomic E-state index is 13.0. The number of hydrogen-bond acceptors (Lipinski definition) is 4. The summed E-state index contributed by atoms with van der Waals surface area (Å²) in [5, 5.41) is 3.17. The highest BCUT2D eigenvalue weighted by Gasteiger charge is 2.35. The molecule has 0 aromatic carbocycles. The van der Waals surface area contributed by atoms with E-state index >= 15 is 0 Å². The summed E-state index contributed by atoms with van der Waals surface area (Å²) in [6.07, 6.45) is 11.2. The predicted octanol–water partition coefficient (Wildman–Crippen LogP) is 1.84. The molecule has 0 aromatic heterocycles. The van der Waals surface area contributed by atoms with Crippen LogP contribution in [0.3, 0.4) is 0 Å². The van der Waals surface area contributed by atoms with Crippen molar-refractivity contribution in [2.24, 2.45) is 5.92 Å². The van der Waals surface area contributed by atoms with Gasteiger partial charge >= 0.3 is 0 Å². The highest BCUT2D eigenvalue weighted by atomic mass is 16.2. The lowest BCUT2D eigenvalue weighted by molar-refractivity contribution is -0.138. The maximum atomic E-state index is 13.0. The fourth-order valence-electron chi connectivity index (χ4n) is 5.30. The third-order valence-electron chi connectivity index (χ3n) is 7.42. The van der Waals surface area contributed by atoms with Crippen molar-refractivity contribution < 1.29 is 9.59 Å². The Kier molecular flexibility index (Phi) is 6.56. The number of nitrogens with zero attached hydrogens (tertiary/aromatic N) is 3. The Morgan fingerprint density at radius 3 is 2.18 bits per heavy atom. The zero-order valence-corrected chi connectivity index (χ0v) is 17.6. The van der Waals surface area contributed by atoms with Gasteiger partial charge in [0, 0.05) is 31.1 Å². The molecule has 3 saturated heterocycles. The maximum Gasteiger partial charge on any atom is 0.239 e. The zero-order valence-electron chi connectivity index (χ0n) is 17.6. The van der Waals surface area contributed by atoms with Gasteiger partial charge in [-0.15, -0.1) is 0 Å². The minimum absolute atomic E-state index is 0.0970. The normalized spacial score (nSPS) is 29.5. The number of carbonyl (C=O) groups is 2. The van der Waals surface area contributed by atoms with Crippen molar-refractivity contribution in [3.05, 3.63) is 0 Å². The molecule has 1 aliphatic carbocycles. The van der Waals surface area contributed by atoms with E-state index in [1.165, 1.54) is 32.1 Å². The van der Waals surface area contributed by atoms with Crippen LogP contribution in [0.25, 0.3) is 0 Å². The molecule has 0 aromatic rings. The molecule has 0 spiro atoms. The van der Waals surface area contributed by atoms with Crippen LogP contribution in [0.1, 0.15) is 64.2 Å². The third-order valence-corrected chi connectivity index (χ3v) is 7.42. The second-order valence-corrected chi connectivity index (χ2v) is 9.50. The van der Waals surface area contributed by atoms with Crippen molar-refractivity contribution >= 4 is 11.8 Å². The second kappa shape index (κ2) is 9.12. The molecule has 1 N–H and O–H groups in total. The number of hydrogen-bond donors (Lipinski definition) is 1. The monoisotopic (exact) mass is 390 g/mol. The number of likely N-dealkylation sites (tertiary alicyclic amines) is 3. The summed E-state index contributed by atoms with van der Waals surface area (Å²) < 4.78 is 0. The largest absolute Gasteiger partial charge is 0.353 e. The average molecular weight is 391 g/mol. The first-order chi connectivity index (χ1) is 13.6. The van der Waals surface area contributed by atoms with Crippen LogP contribution in [0.2, 0.25) is 0 Å². The third kappa shape index (κ3) is 4.88. The highest BCUT2D eigenvalue weighted by molar-refractivity contribution is 5.82. The first-order valence-corrected chi connectivity index (χ1v) is 11.7. The molecule has 0 bridgehead atoms. The Hall–Kier alpha value is -1.14. The van der Waals surface area contributed by atoms with E-state index in [9.17, 15) is 9.59 Å². The molecular weight excluding hydrogens is 352 g/mol. The molecule has 6 heteroatoms. The highest BCUT2D eigenvalue weighted by Crippen LogP contribution is 2.27. The number of amides is 2. The molecule has 4 fully saturated rings. The number of carbonyl (C=O) groups excluding carboxylic acids is 2. The van der Waals surface area contributed by atoms with Gasteiger partial charge in [-0.3, -0.25) is 14.5 Å². The fraction of sp³-hybridized carbons (Fsp3) is 0.909. The number of rotatable bonds is 4. The van der Waals surface area contributed by atoms with Crippen LogP contribution in [0, 0.1) is 5.92 Å². The molecule has 4 aliphatic rings. The van der Waals surface area contributed by atoms with Crippen molar-refractivity contribution in [3.63, 3.8) is 0 Å². The fourth-order valence-corrected chi connectivity index (χ4v) is 5.30. The molecule has 3 heterocycles. The second-order valence-electron chi connectivity index (χ2n) is 9.50. The van der Waals surface area contributed by atoms with Gasteiger partial charge in [0.2, 0.25) is 11.8 Å². The number of likely N-dealkylation sites (N-methyl/N-ethyl adjacent to an activating group) is 1. The van der Waals surface area contributed by atoms with Crippen LogP contribution >= 0.6 is 0 Å².